The topological polar surface area (TPSA) is 82.5 Å². The molecule has 0 unspecified atom stereocenters. The van der Waals surface area contributed by atoms with Gasteiger partial charge in [-0.2, -0.15) is 0 Å². The molecule has 3 N–H and O–H groups in total. The molecule has 7 nitrogen and oxygen atoms in total. The quantitative estimate of drug-likeness (QED) is 0.503. The Balaban J connectivity index is 1.39. The number of rotatable bonds is 8. The summed E-state index contributed by atoms with van der Waals surface area (Å²) in [5.41, 5.74) is 4.31. The fourth-order valence-electron chi connectivity index (χ4n) is 4.00. The van der Waals surface area contributed by atoms with E-state index in [1.807, 2.05) is 12.1 Å². The van der Waals surface area contributed by atoms with Crippen molar-refractivity contribution in [1.82, 2.24) is 20.2 Å². The van der Waals surface area contributed by atoms with Crippen LogP contribution in [0.4, 0.5) is 5.95 Å². The van der Waals surface area contributed by atoms with Gasteiger partial charge in [-0.1, -0.05) is 24.3 Å². The predicted octanol–water partition coefficient (Wildman–Crippen LogP) is 3.31. The van der Waals surface area contributed by atoms with Gasteiger partial charge in [-0.05, 0) is 48.7 Å². The molecule has 1 atom stereocenters. The number of ether oxygens (including phenoxy) is 1. The summed E-state index contributed by atoms with van der Waals surface area (Å²) in [7, 11) is 1.54. The molecule has 1 aliphatic heterocycles. The lowest BCUT2D eigenvalue weighted by Gasteiger charge is -2.33. The zero-order chi connectivity index (χ0) is 22.3. The molecule has 0 aliphatic carbocycles. The summed E-state index contributed by atoms with van der Waals surface area (Å²) in [5, 5.41) is 16.7. The maximum atomic E-state index is 9.93. The maximum absolute atomic E-state index is 9.93. The minimum Gasteiger partial charge on any atom is -0.504 e. The lowest BCUT2D eigenvalue weighted by molar-refractivity contribution is 0.165. The number of phenolic OH excluding ortho intramolecular Hbond substituents is 1. The number of anilines is 1. The van der Waals surface area contributed by atoms with Crippen LogP contribution < -0.4 is 15.4 Å². The van der Waals surface area contributed by atoms with Gasteiger partial charge < -0.3 is 20.5 Å². The molecule has 0 saturated carbocycles. The average molecular weight is 434 g/mol. The fraction of sp³-hybridized carbons (Fsp3) is 0.360. The van der Waals surface area contributed by atoms with Crippen LogP contribution in [-0.2, 0) is 13.0 Å². The Labute approximate surface area is 189 Å². The van der Waals surface area contributed by atoms with E-state index in [4.69, 9.17) is 9.72 Å². The minimum absolute atomic E-state index is 0.151. The summed E-state index contributed by atoms with van der Waals surface area (Å²) in [4.78, 5) is 11.6. The van der Waals surface area contributed by atoms with Crippen LogP contribution in [-0.4, -0.2) is 59.3 Å². The molecule has 7 heteroatoms. The lowest BCUT2D eigenvalue weighted by atomic mass is 10.1. The highest BCUT2D eigenvalue weighted by molar-refractivity contribution is 5.61. The van der Waals surface area contributed by atoms with E-state index in [-0.39, 0.29) is 5.75 Å². The fourth-order valence-corrected chi connectivity index (χ4v) is 4.00. The van der Waals surface area contributed by atoms with Crippen molar-refractivity contribution in [2.45, 2.75) is 25.9 Å². The van der Waals surface area contributed by atoms with E-state index in [1.165, 1.54) is 5.56 Å². The second-order valence-corrected chi connectivity index (χ2v) is 8.17. The molecular weight excluding hydrogens is 402 g/mol. The molecule has 1 aliphatic rings. The molecule has 0 radical (unpaired) electrons. The first-order chi connectivity index (χ1) is 15.6. The molecule has 0 bridgehead atoms. The van der Waals surface area contributed by atoms with E-state index >= 15 is 0 Å². The third kappa shape index (κ3) is 5.55. The first kappa shape index (κ1) is 22.0. The Kier molecular flexibility index (Phi) is 7.19. The normalized spacial score (nSPS) is 16.6. The SMILES string of the molecule is COc1ccc(CCNc2nccc(-c3cccc(CN4CCNC[C@@H]4C)c3)n2)cc1O. The highest BCUT2D eigenvalue weighted by Crippen LogP contribution is 2.26. The molecule has 4 rings (SSSR count). The molecule has 2 aromatic carbocycles. The van der Waals surface area contributed by atoms with Crippen molar-refractivity contribution < 1.29 is 9.84 Å². The first-order valence-corrected chi connectivity index (χ1v) is 11.1. The Morgan fingerprint density at radius 3 is 2.91 bits per heavy atom. The molecule has 3 aromatic rings. The van der Waals surface area contributed by atoms with Crippen LogP contribution in [0.25, 0.3) is 11.3 Å². The van der Waals surface area contributed by atoms with Gasteiger partial charge in [0.2, 0.25) is 5.95 Å². The highest BCUT2D eigenvalue weighted by Gasteiger charge is 2.18. The van der Waals surface area contributed by atoms with Gasteiger partial charge >= 0.3 is 0 Å². The number of nitrogens with one attached hydrogen (secondary N) is 2. The average Bonchev–Trinajstić information content (AvgIpc) is 2.81. The van der Waals surface area contributed by atoms with Gasteiger partial charge in [-0.3, -0.25) is 4.90 Å². The Morgan fingerprint density at radius 1 is 1.19 bits per heavy atom. The van der Waals surface area contributed by atoms with Gasteiger partial charge in [-0.25, -0.2) is 9.97 Å². The van der Waals surface area contributed by atoms with Gasteiger partial charge in [0.15, 0.2) is 11.5 Å². The van der Waals surface area contributed by atoms with Crippen molar-refractivity contribution in [2.75, 3.05) is 38.6 Å². The Morgan fingerprint density at radius 2 is 2.09 bits per heavy atom. The van der Waals surface area contributed by atoms with Crippen molar-refractivity contribution in [1.29, 1.82) is 0 Å². The third-order valence-corrected chi connectivity index (χ3v) is 5.84. The van der Waals surface area contributed by atoms with Crippen LogP contribution in [0, 0.1) is 0 Å². The smallest absolute Gasteiger partial charge is 0.223 e. The number of benzene rings is 2. The van der Waals surface area contributed by atoms with E-state index in [9.17, 15) is 5.11 Å². The molecular formula is C25H31N5O2. The van der Waals surface area contributed by atoms with E-state index in [2.05, 4.69) is 51.7 Å². The third-order valence-electron chi connectivity index (χ3n) is 5.84. The molecule has 1 aromatic heterocycles. The zero-order valence-corrected chi connectivity index (χ0v) is 18.7. The van der Waals surface area contributed by atoms with Crippen molar-refractivity contribution in [3.05, 3.63) is 65.9 Å². The zero-order valence-electron chi connectivity index (χ0n) is 18.7. The van der Waals surface area contributed by atoms with Gasteiger partial charge in [0, 0.05) is 50.5 Å². The van der Waals surface area contributed by atoms with Crippen LogP contribution in [0.2, 0.25) is 0 Å². The second-order valence-electron chi connectivity index (χ2n) is 8.17. The largest absolute Gasteiger partial charge is 0.504 e. The number of piperazine rings is 1. The predicted molar refractivity (Wildman–Crippen MR) is 127 cm³/mol. The summed E-state index contributed by atoms with van der Waals surface area (Å²) in [6.45, 7) is 7.03. The van der Waals surface area contributed by atoms with Crippen molar-refractivity contribution >= 4 is 5.95 Å². The maximum Gasteiger partial charge on any atom is 0.223 e. The number of methoxy groups -OCH3 is 1. The van der Waals surface area contributed by atoms with Crippen LogP contribution >= 0.6 is 0 Å². The molecule has 168 valence electrons. The van der Waals surface area contributed by atoms with Crippen molar-refractivity contribution in [3.63, 3.8) is 0 Å². The number of aromatic nitrogens is 2. The summed E-state index contributed by atoms with van der Waals surface area (Å²) in [6, 6.07) is 16.5. The van der Waals surface area contributed by atoms with Gasteiger partial charge in [0.25, 0.3) is 0 Å². The Hall–Kier alpha value is -3.16. The lowest BCUT2D eigenvalue weighted by Crippen LogP contribution is -2.49. The summed E-state index contributed by atoms with van der Waals surface area (Å²) < 4.78 is 5.09. The van der Waals surface area contributed by atoms with Gasteiger partial charge in [0.05, 0.1) is 12.8 Å². The summed E-state index contributed by atoms with van der Waals surface area (Å²) in [5.74, 6) is 1.23. The van der Waals surface area contributed by atoms with Crippen LogP contribution in [0.1, 0.15) is 18.1 Å². The van der Waals surface area contributed by atoms with E-state index in [0.29, 0.717) is 24.3 Å². The first-order valence-electron chi connectivity index (χ1n) is 11.1. The second kappa shape index (κ2) is 10.4. The standard InChI is InChI=1S/C25H31N5O2/c1-18-16-26-12-13-30(18)17-20-4-3-5-21(14-20)22-9-11-28-25(29-22)27-10-8-19-6-7-24(32-2)23(31)15-19/h3-7,9,11,14-15,18,26,31H,8,10,12-13,16-17H2,1-2H3,(H,27,28,29)/t18-/m0/s1. The number of nitrogens with zero attached hydrogens (tertiary/aromatic N) is 3. The van der Waals surface area contributed by atoms with Crippen LogP contribution in [0.5, 0.6) is 11.5 Å². The van der Waals surface area contributed by atoms with E-state index < -0.39 is 0 Å². The molecule has 0 spiro atoms. The molecule has 32 heavy (non-hydrogen) atoms. The van der Waals surface area contributed by atoms with Crippen molar-refractivity contribution in [3.8, 4) is 22.8 Å². The van der Waals surface area contributed by atoms with Crippen molar-refractivity contribution in [2.24, 2.45) is 0 Å². The molecule has 0 amide bonds. The van der Waals surface area contributed by atoms with Gasteiger partial charge in [-0.15, -0.1) is 0 Å². The number of phenols is 1. The molecule has 1 saturated heterocycles. The monoisotopic (exact) mass is 433 g/mol. The summed E-state index contributed by atoms with van der Waals surface area (Å²) in [6.07, 6.45) is 2.53. The van der Waals surface area contributed by atoms with Gasteiger partial charge in [0.1, 0.15) is 0 Å². The highest BCUT2D eigenvalue weighted by atomic mass is 16.5. The van der Waals surface area contributed by atoms with E-state index in [0.717, 1.165) is 49.4 Å². The van der Waals surface area contributed by atoms with E-state index in [1.54, 1.807) is 25.4 Å². The summed E-state index contributed by atoms with van der Waals surface area (Å²) >= 11 is 0. The number of hydrogen-bond acceptors (Lipinski definition) is 7. The molecule has 2 heterocycles. The number of aromatic hydroxyl groups is 1. The number of hydrogen-bond donors (Lipinski definition) is 3. The van der Waals surface area contributed by atoms with Crippen LogP contribution in [0.15, 0.2) is 54.7 Å². The molecule has 1 fully saturated rings. The van der Waals surface area contributed by atoms with Crippen LogP contribution in [0.3, 0.4) is 0 Å². The minimum atomic E-state index is 0.151. The Bertz CT molecular complexity index is 1040.